The first-order chi connectivity index (χ1) is 9.91. The van der Waals surface area contributed by atoms with Gasteiger partial charge in [0.1, 0.15) is 5.82 Å². The molecule has 0 bridgehead atoms. The molecule has 1 aromatic heterocycles. The lowest BCUT2D eigenvalue weighted by Crippen LogP contribution is -2.29. The largest absolute Gasteiger partial charge is 0.382 e. The Hall–Kier alpha value is -1.36. The third-order valence-corrected chi connectivity index (χ3v) is 5.33. The maximum absolute atomic E-state index is 11.4. The van der Waals surface area contributed by atoms with Gasteiger partial charge in [-0.05, 0) is 31.0 Å². The molecular formula is C16H23N3OS. The van der Waals surface area contributed by atoms with Crippen molar-refractivity contribution in [3.63, 3.8) is 0 Å². The van der Waals surface area contributed by atoms with Crippen molar-refractivity contribution in [1.82, 2.24) is 9.97 Å². The fourth-order valence-corrected chi connectivity index (χ4v) is 3.93. The standard InChI is InChI=1S/C16H23N3OS/c1-16(2,3)15-18-13-5-4-12(10-14(13)19-15)17-11-6-8-21(20)9-7-11/h4-5,10-11,17H,6-9H2,1-3H3,(H,18,19). The first-order valence-corrected chi connectivity index (χ1v) is 9.02. The van der Waals surface area contributed by atoms with Crippen LogP contribution >= 0.6 is 0 Å². The van der Waals surface area contributed by atoms with Crippen molar-refractivity contribution >= 4 is 27.5 Å². The molecule has 0 amide bonds. The van der Waals surface area contributed by atoms with Gasteiger partial charge in [0.25, 0.3) is 0 Å². The van der Waals surface area contributed by atoms with E-state index in [-0.39, 0.29) is 5.41 Å². The molecule has 2 aromatic rings. The maximum atomic E-state index is 11.4. The minimum Gasteiger partial charge on any atom is -0.382 e. The van der Waals surface area contributed by atoms with Gasteiger partial charge in [0.15, 0.2) is 0 Å². The molecule has 4 nitrogen and oxygen atoms in total. The second-order valence-corrected chi connectivity index (χ2v) is 8.53. The third-order valence-electron chi connectivity index (χ3n) is 3.95. The molecule has 0 saturated carbocycles. The topological polar surface area (TPSA) is 57.8 Å². The highest BCUT2D eigenvalue weighted by atomic mass is 32.2. The van der Waals surface area contributed by atoms with Crippen LogP contribution in [-0.2, 0) is 16.2 Å². The second kappa shape index (κ2) is 5.44. The number of nitrogens with zero attached hydrogens (tertiary/aromatic N) is 1. The van der Waals surface area contributed by atoms with Crippen LogP contribution in [-0.4, -0.2) is 31.7 Å². The minimum absolute atomic E-state index is 0.0278. The van der Waals surface area contributed by atoms with Gasteiger partial charge in [-0.15, -0.1) is 0 Å². The summed E-state index contributed by atoms with van der Waals surface area (Å²) in [5.41, 5.74) is 3.23. The van der Waals surface area contributed by atoms with Gasteiger partial charge in [0.05, 0.1) is 11.0 Å². The van der Waals surface area contributed by atoms with Crippen molar-refractivity contribution < 1.29 is 4.21 Å². The smallest absolute Gasteiger partial charge is 0.112 e. The van der Waals surface area contributed by atoms with Crippen LogP contribution in [0.5, 0.6) is 0 Å². The minimum atomic E-state index is -0.604. The number of benzene rings is 1. The molecule has 0 spiro atoms. The highest BCUT2D eigenvalue weighted by Gasteiger charge is 2.19. The molecule has 1 saturated heterocycles. The highest BCUT2D eigenvalue weighted by molar-refractivity contribution is 7.85. The van der Waals surface area contributed by atoms with E-state index in [1.54, 1.807) is 0 Å². The van der Waals surface area contributed by atoms with Gasteiger partial charge in [-0.1, -0.05) is 20.8 Å². The SMILES string of the molecule is CC(C)(C)c1nc2ccc(NC3CCS(=O)CC3)cc2[nH]1. The average molecular weight is 305 g/mol. The van der Waals surface area contributed by atoms with Gasteiger partial charge in [-0.25, -0.2) is 4.98 Å². The van der Waals surface area contributed by atoms with Crippen LogP contribution in [0.25, 0.3) is 11.0 Å². The number of nitrogens with one attached hydrogen (secondary N) is 2. The van der Waals surface area contributed by atoms with Crippen molar-refractivity contribution in [2.75, 3.05) is 16.8 Å². The molecule has 1 fully saturated rings. The quantitative estimate of drug-likeness (QED) is 0.896. The van der Waals surface area contributed by atoms with E-state index in [1.807, 2.05) is 0 Å². The number of fused-ring (bicyclic) bond motifs is 1. The Labute approximate surface area is 128 Å². The average Bonchev–Trinajstić information content (AvgIpc) is 2.84. The molecule has 0 atom stereocenters. The molecule has 1 aliphatic rings. The molecule has 3 rings (SSSR count). The summed E-state index contributed by atoms with van der Waals surface area (Å²) in [5.74, 6) is 2.65. The Bertz CT molecular complexity index is 662. The Morgan fingerprint density at radius 2 is 2.00 bits per heavy atom. The van der Waals surface area contributed by atoms with E-state index in [0.29, 0.717) is 6.04 Å². The first-order valence-electron chi connectivity index (χ1n) is 7.53. The summed E-state index contributed by atoms with van der Waals surface area (Å²) < 4.78 is 11.4. The van der Waals surface area contributed by atoms with Gasteiger partial charge in [-0.3, -0.25) is 4.21 Å². The second-order valence-electron chi connectivity index (χ2n) is 6.83. The van der Waals surface area contributed by atoms with Crippen LogP contribution in [0.4, 0.5) is 5.69 Å². The molecule has 2 heterocycles. The monoisotopic (exact) mass is 305 g/mol. The summed E-state index contributed by atoms with van der Waals surface area (Å²) in [6.07, 6.45) is 1.97. The van der Waals surface area contributed by atoms with E-state index >= 15 is 0 Å². The summed E-state index contributed by atoms with van der Waals surface area (Å²) in [4.78, 5) is 8.08. The molecule has 1 aliphatic heterocycles. The fraction of sp³-hybridized carbons (Fsp3) is 0.562. The van der Waals surface area contributed by atoms with Crippen LogP contribution < -0.4 is 5.32 Å². The lowest BCUT2D eigenvalue weighted by molar-refractivity contribution is 0.554. The summed E-state index contributed by atoms with van der Waals surface area (Å²) in [7, 11) is -0.604. The van der Waals surface area contributed by atoms with Gasteiger partial charge in [0.2, 0.25) is 0 Å². The van der Waals surface area contributed by atoms with E-state index in [1.165, 1.54) is 0 Å². The molecule has 0 radical (unpaired) electrons. The van der Waals surface area contributed by atoms with Crippen molar-refractivity contribution in [3.05, 3.63) is 24.0 Å². The Balaban J connectivity index is 1.79. The van der Waals surface area contributed by atoms with E-state index in [0.717, 1.165) is 46.9 Å². The zero-order chi connectivity index (χ0) is 15.0. The molecular weight excluding hydrogens is 282 g/mol. The molecule has 2 N–H and O–H groups in total. The molecule has 1 aromatic carbocycles. The number of rotatable bonds is 2. The number of aromatic amines is 1. The number of imidazole rings is 1. The lowest BCUT2D eigenvalue weighted by Gasteiger charge is -2.23. The molecule has 21 heavy (non-hydrogen) atoms. The van der Waals surface area contributed by atoms with Crippen LogP contribution in [0.15, 0.2) is 18.2 Å². The van der Waals surface area contributed by atoms with Gasteiger partial charge >= 0.3 is 0 Å². The van der Waals surface area contributed by atoms with E-state index in [9.17, 15) is 4.21 Å². The molecule has 0 unspecified atom stereocenters. The normalized spacial score (nSPS) is 23.4. The van der Waals surface area contributed by atoms with E-state index < -0.39 is 10.8 Å². The lowest BCUT2D eigenvalue weighted by atomic mass is 9.96. The third kappa shape index (κ3) is 3.28. The predicted molar refractivity (Wildman–Crippen MR) is 89.3 cm³/mol. The van der Waals surface area contributed by atoms with Crippen molar-refractivity contribution in [2.24, 2.45) is 0 Å². The van der Waals surface area contributed by atoms with E-state index in [2.05, 4.69) is 54.3 Å². The van der Waals surface area contributed by atoms with Crippen LogP contribution in [0, 0.1) is 0 Å². The summed E-state index contributed by atoms with van der Waals surface area (Å²) in [6, 6.07) is 6.71. The van der Waals surface area contributed by atoms with Crippen molar-refractivity contribution in [1.29, 1.82) is 0 Å². The van der Waals surface area contributed by atoms with Crippen molar-refractivity contribution in [2.45, 2.75) is 45.1 Å². The molecule has 5 heteroatoms. The Morgan fingerprint density at radius 1 is 1.29 bits per heavy atom. The van der Waals surface area contributed by atoms with Gasteiger partial charge in [0, 0.05) is 39.4 Å². The summed E-state index contributed by atoms with van der Waals surface area (Å²) >= 11 is 0. The van der Waals surface area contributed by atoms with Crippen LogP contribution in [0.1, 0.15) is 39.4 Å². The summed E-state index contributed by atoms with van der Waals surface area (Å²) in [6.45, 7) is 6.48. The highest BCUT2D eigenvalue weighted by Crippen LogP contribution is 2.25. The number of anilines is 1. The number of hydrogen-bond acceptors (Lipinski definition) is 3. The zero-order valence-corrected chi connectivity index (χ0v) is 13.7. The van der Waals surface area contributed by atoms with Crippen LogP contribution in [0.2, 0.25) is 0 Å². The number of aromatic nitrogens is 2. The predicted octanol–water partition coefficient (Wildman–Crippen LogP) is 3.18. The maximum Gasteiger partial charge on any atom is 0.112 e. The molecule has 0 aliphatic carbocycles. The summed E-state index contributed by atoms with van der Waals surface area (Å²) in [5, 5.41) is 3.56. The van der Waals surface area contributed by atoms with E-state index in [4.69, 9.17) is 0 Å². The van der Waals surface area contributed by atoms with Crippen LogP contribution in [0.3, 0.4) is 0 Å². The fourth-order valence-electron chi connectivity index (χ4n) is 2.63. The Kier molecular flexibility index (Phi) is 3.78. The van der Waals surface area contributed by atoms with Crippen molar-refractivity contribution in [3.8, 4) is 0 Å². The molecule has 114 valence electrons. The van der Waals surface area contributed by atoms with Gasteiger partial charge < -0.3 is 10.3 Å². The Morgan fingerprint density at radius 3 is 2.67 bits per heavy atom. The number of hydrogen-bond donors (Lipinski definition) is 2. The van der Waals surface area contributed by atoms with Gasteiger partial charge in [-0.2, -0.15) is 0 Å². The first kappa shape index (κ1) is 14.6. The number of H-pyrrole nitrogens is 1. The zero-order valence-electron chi connectivity index (χ0n) is 12.9.